The molecule has 3 N–H and O–H groups in total. The summed E-state index contributed by atoms with van der Waals surface area (Å²) in [6.07, 6.45) is 1.14. The van der Waals surface area contributed by atoms with Gasteiger partial charge in [0.1, 0.15) is 5.60 Å². The van der Waals surface area contributed by atoms with Crippen LogP contribution in [0.1, 0.15) is 50.9 Å². The van der Waals surface area contributed by atoms with E-state index in [1.54, 1.807) is 29.2 Å². The minimum atomic E-state index is -0.579. The van der Waals surface area contributed by atoms with Crippen molar-refractivity contribution in [2.75, 3.05) is 18.4 Å². The van der Waals surface area contributed by atoms with Gasteiger partial charge in [0.2, 0.25) is 5.91 Å². The predicted octanol–water partition coefficient (Wildman–Crippen LogP) is 3.01. The molecule has 2 rings (SSSR count). The number of amides is 3. The van der Waals surface area contributed by atoms with E-state index in [0.29, 0.717) is 18.8 Å². The Balaban J connectivity index is 1.92. The molecular formula is C20H29N3O4. The molecule has 7 nitrogen and oxygen atoms in total. The second kappa shape index (κ2) is 8.41. The van der Waals surface area contributed by atoms with Crippen LogP contribution >= 0.6 is 0 Å². The van der Waals surface area contributed by atoms with Crippen LogP contribution in [-0.2, 0) is 9.53 Å². The summed E-state index contributed by atoms with van der Waals surface area (Å²) < 4.78 is 5.40. The molecule has 0 radical (unpaired) electrons. The van der Waals surface area contributed by atoms with Crippen molar-refractivity contribution in [1.82, 2.24) is 4.90 Å². The molecule has 0 aromatic heterocycles. The Morgan fingerprint density at radius 2 is 1.78 bits per heavy atom. The zero-order valence-corrected chi connectivity index (χ0v) is 16.5. The second-order valence-corrected chi connectivity index (χ2v) is 7.99. The number of hydrogen-bond donors (Lipinski definition) is 2. The molecule has 3 amide bonds. The van der Waals surface area contributed by atoms with Crippen molar-refractivity contribution in [3.8, 4) is 0 Å². The SMILES string of the molecule is CC(C(=O)Nc1ccccc1C(N)=O)C1CCN(C(=O)OC(C)(C)C)CC1. The van der Waals surface area contributed by atoms with E-state index in [1.807, 2.05) is 27.7 Å². The highest BCUT2D eigenvalue weighted by Gasteiger charge is 2.31. The smallest absolute Gasteiger partial charge is 0.410 e. The quantitative estimate of drug-likeness (QED) is 0.844. The number of nitrogens with zero attached hydrogens (tertiary/aromatic N) is 1. The van der Waals surface area contributed by atoms with Crippen LogP contribution in [0, 0.1) is 11.8 Å². The Hall–Kier alpha value is -2.57. The Bertz CT molecular complexity index is 703. The summed E-state index contributed by atoms with van der Waals surface area (Å²) in [7, 11) is 0. The van der Waals surface area contributed by atoms with Gasteiger partial charge in [-0.15, -0.1) is 0 Å². The highest BCUT2D eigenvalue weighted by molar-refractivity contribution is 6.03. The molecule has 1 atom stereocenters. The van der Waals surface area contributed by atoms with Crippen molar-refractivity contribution < 1.29 is 19.1 Å². The predicted molar refractivity (Wildman–Crippen MR) is 103 cm³/mol. The van der Waals surface area contributed by atoms with Gasteiger partial charge in [0.25, 0.3) is 5.91 Å². The fraction of sp³-hybridized carbons (Fsp3) is 0.550. The van der Waals surface area contributed by atoms with E-state index >= 15 is 0 Å². The number of primary amides is 1. The first-order chi connectivity index (χ1) is 12.6. The van der Waals surface area contributed by atoms with Gasteiger partial charge in [-0.3, -0.25) is 9.59 Å². The number of piperidine rings is 1. The van der Waals surface area contributed by atoms with Crippen LogP contribution in [0.5, 0.6) is 0 Å². The number of para-hydroxylation sites is 1. The number of nitrogens with two attached hydrogens (primary N) is 1. The number of anilines is 1. The molecule has 1 unspecified atom stereocenters. The van der Waals surface area contributed by atoms with Crippen LogP contribution in [0.15, 0.2) is 24.3 Å². The van der Waals surface area contributed by atoms with E-state index in [1.165, 1.54) is 0 Å². The summed E-state index contributed by atoms with van der Waals surface area (Å²) in [5.74, 6) is -0.820. The molecule has 7 heteroatoms. The molecule has 0 aliphatic carbocycles. The Labute approximate surface area is 160 Å². The highest BCUT2D eigenvalue weighted by Crippen LogP contribution is 2.27. The van der Waals surface area contributed by atoms with E-state index in [0.717, 1.165) is 12.8 Å². The average molecular weight is 375 g/mol. The third kappa shape index (κ3) is 5.70. The molecule has 0 bridgehead atoms. The number of ether oxygens (including phenoxy) is 1. The number of likely N-dealkylation sites (tertiary alicyclic amines) is 1. The fourth-order valence-corrected chi connectivity index (χ4v) is 3.18. The molecule has 27 heavy (non-hydrogen) atoms. The molecule has 0 saturated carbocycles. The maximum absolute atomic E-state index is 12.6. The largest absolute Gasteiger partial charge is 0.444 e. The van der Waals surface area contributed by atoms with Crippen molar-refractivity contribution in [2.24, 2.45) is 17.6 Å². The van der Waals surface area contributed by atoms with Crippen LogP contribution < -0.4 is 11.1 Å². The van der Waals surface area contributed by atoms with Gasteiger partial charge >= 0.3 is 6.09 Å². The summed E-state index contributed by atoms with van der Waals surface area (Å²) >= 11 is 0. The summed E-state index contributed by atoms with van der Waals surface area (Å²) in [4.78, 5) is 38.0. The van der Waals surface area contributed by atoms with Gasteiger partial charge in [0.15, 0.2) is 0 Å². The minimum absolute atomic E-state index is 0.153. The molecule has 1 aromatic rings. The Kier molecular flexibility index (Phi) is 6.46. The molecule has 1 aromatic carbocycles. The molecule has 1 aliphatic rings. The number of hydrogen-bond acceptors (Lipinski definition) is 4. The molecule has 1 heterocycles. The monoisotopic (exact) mass is 375 g/mol. The third-order valence-corrected chi connectivity index (χ3v) is 4.76. The second-order valence-electron chi connectivity index (χ2n) is 7.99. The zero-order chi connectivity index (χ0) is 20.2. The first kappa shape index (κ1) is 20.7. The van der Waals surface area contributed by atoms with E-state index < -0.39 is 11.5 Å². The minimum Gasteiger partial charge on any atom is -0.444 e. The lowest BCUT2D eigenvalue weighted by atomic mass is 9.85. The zero-order valence-electron chi connectivity index (χ0n) is 16.5. The number of rotatable bonds is 4. The number of nitrogens with one attached hydrogen (secondary N) is 1. The van der Waals surface area contributed by atoms with E-state index in [2.05, 4.69) is 5.32 Å². The summed E-state index contributed by atoms with van der Waals surface area (Å²) in [5.41, 5.74) is 5.55. The van der Waals surface area contributed by atoms with Crippen molar-refractivity contribution in [1.29, 1.82) is 0 Å². The number of carbonyl (C=O) groups is 3. The van der Waals surface area contributed by atoms with Gasteiger partial charge in [-0.05, 0) is 51.7 Å². The van der Waals surface area contributed by atoms with Crippen LogP contribution in [0.4, 0.5) is 10.5 Å². The molecule has 1 fully saturated rings. The maximum atomic E-state index is 12.6. The number of benzene rings is 1. The van der Waals surface area contributed by atoms with E-state index in [9.17, 15) is 14.4 Å². The summed E-state index contributed by atoms with van der Waals surface area (Å²) in [5, 5.41) is 2.81. The van der Waals surface area contributed by atoms with Gasteiger partial charge in [-0.25, -0.2) is 4.79 Å². The Morgan fingerprint density at radius 3 is 2.33 bits per heavy atom. The van der Waals surface area contributed by atoms with Crippen LogP contribution in [0.25, 0.3) is 0 Å². The van der Waals surface area contributed by atoms with Gasteiger partial charge in [0.05, 0.1) is 11.3 Å². The van der Waals surface area contributed by atoms with Gasteiger partial charge in [0, 0.05) is 19.0 Å². The van der Waals surface area contributed by atoms with Gasteiger partial charge in [-0.2, -0.15) is 0 Å². The van der Waals surface area contributed by atoms with Crippen molar-refractivity contribution in [3.63, 3.8) is 0 Å². The van der Waals surface area contributed by atoms with Crippen molar-refractivity contribution in [3.05, 3.63) is 29.8 Å². The van der Waals surface area contributed by atoms with Crippen LogP contribution in [0.2, 0.25) is 0 Å². The lowest BCUT2D eigenvalue weighted by Gasteiger charge is -2.35. The first-order valence-corrected chi connectivity index (χ1v) is 9.26. The van der Waals surface area contributed by atoms with Crippen LogP contribution in [0.3, 0.4) is 0 Å². The Morgan fingerprint density at radius 1 is 1.19 bits per heavy atom. The molecule has 1 saturated heterocycles. The maximum Gasteiger partial charge on any atom is 0.410 e. The topological polar surface area (TPSA) is 102 Å². The molecule has 148 valence electrons. The number of carbonyl (C=O) groups excluding carboxylic acids is 3. The first-order valence-electron chi connectivity index (χ1n) is 9.26. The lowest BCUT2D eigenvalue weighted by Crippen LogP contribution is -2.43. The fourth-order valence-electron chi connectivity index (χ4n) is 3.18. The van der Waals surface area contributed by atoms with Crippen molar-refractivity contribution >= 4 is 23.6 Å². The third-order valence-electron chi connectivity index (χ3n) is 4.76. The summed E-state index contributed by atoms with van der Waals surface area (Å²) in [6, 6.07) is 6.69. The van der Waals surface area contributed by atoms with E-state index in [-0.39, 0.29) is 29.4 Å². The molecule has 0 spiro atoms. The average Bonchev–Trinajstić information content (AvgIpc) is 2.60. The molecular weight excluding hydrogens is 346 g/mol. The van der Waals surface area contributed by atoms with Crippen molar-refractivity contribution in [2.45, 2.75) is 46.1 Å². The summed E-state index contributed by atoms with van der Waals surface area (Å²) in [6.45, 7) is 8.52. The van der Waals surface area contributed by atoms with E-state index in [4.69, 9.17) is 10.5 Å². The normalized spacial score (nSPS) is 16.5. The van der Waals surface area contributed by atoms with Crippen LogP contribution in [-0.4, -0.2) is 41.5 Å². The lowest BCUT2D eigenvalue weighted by molar-refractivity contribution is -0.121. The van der Waals surface area contributed by atoms with Gasteiger partial charge in [-0.1, -0.05) is 19.1 Å². The molecule has 1 aliphatic heterocycles. The van der Waals surface area contributed by atoms with Gasteiger partial charge < -0.3 is 20.7 Å². The highest BCUT2D eigenvalue weighted by atomic mass is 16.6. The standard InChI is InChI=1S/C20H29N3O4/c1-13(18(25)22-16-8-6-5-7-15(16)17(21)24)14-9-11-23(12-10-14)19(26)27-20(2,3)4/h5-8,13-14H,9-12H2,1-4H3,(H2,21,24)(H,22,25).